The monoisotopic (exact) mass is 650 g/mol. The van der Waals surface area contributed by atoms with Gasteiger partial charge in [-0.05, 0) is 38.1 Å². The minimum Gasteiger partial charge on any atom is -0.387 e. The van der Waals surface area contributed by atoms with Crippen molar-refractivity contribution >= 4 is 20.2 Å². The number of aliphatic hydroxyl groups excluding tert-OH is 6. The van der Waals surface area contributed by atoms with Gasteiger partial charge in [0.2, 0.25) is 0 Å². The minimum absolute atomic E-state index is 0.180. The van der Waals surface area contributed by atoms with Gasteiger partial charge in [-0.25, -0.2) is 0 Å². The largest absolute Gasteiger partial charge is 0.387 e. The first-order chi connectivity index (χ1) is 20.1. The van der Waals surface area contributed by atoms with Crippen LogP contribution in [0.2, 0.25) is 0 Å². The maximum Gasteiger partial charge on any atom is 0.297 e. The van der Waals surface area contributed by atoms with Crippen molar-refractivity contribution in [3.05, 3.63) is 59.7 Å². The van der Waals surface area contributed by atoms with E-state index in [1.54, 1.807) is 38.1 Å². The van der Waals surface area contributed by atoms with Crippen LogP contribution in [0, 0.1) is 13.8 Å². The van der Waals surface area contributed by atoms with Gasteiger partial charge in [-0.3, -0.25) is 8.37 Å². The third-order valence-electron chi connectivity index (χ3n) is 7.00. The standard InChI is InChI=1S/C26H34O15S2/c1-13-3-7-15(8-4-13)42(33,34)37-11-17-19(27)21(29)23(31)25(39-17)41-26-24(32)22(30)20(28)18(40-26)12-38-43(35,36)16-9-5-14(2)6-10-16/h3-10,17-32H,11-12H2,1-2H3. The molecular formula is C26H34O15S2. The molecule has 0 radical (unpaired) electrons. The Morgan fingerprint density at radius 1 is 0.558 bits per heavy atom. The molecule has 2 aromatic carbocycles. The quantitative estimate of drug-likeness (QED) is 0.153. The first-order valence-corrected chi connectivity index (χ1v) is 15.9. The van der Waals surface area contributed by atoms with E-state index in [-0.39, 0.29) is 9.79 Å². The zero-order valence-corrected chi connectivity index (χ0v) is 24.6. The Balaban J connectivity index is 1.42. The molecule has 0 amide bonds. The van der Waals surface area contributed by atoms with Crippen molar-refractivity contribution in [1.82, 2.24) is 0 Å². The van der Waals surface area contributed by atoms with Crippen molar-refractivity contribution in [3.8, 4) is 0 Å². The summed E-state index contributed by atoms with van der Waals surface area (Å²) < 4.78 is 76.5. The highest BCUT2D eigenvalue weighted by Gasteiger charge is 2.50. The van der Waals surface area contributed by atoms with Crippen molar-refractivity contribution in [2.24, 2.45) is 0 Å². The van der Waals surface area contributed by atoms with Crippen molar-refractivity contribution in [2.75, 3.05) is 13.2 Å². The second kappa shape index (κ2) is 13.5. The Labute approximate surface area is 248 Å². The molecule has 43 heavy (non-hydrogen) atoms. The molecule has 2 aromatic rings. The van der Waals surface area contributed by atoms with Gasteiger partial charge in [0.25, 0.3) is 20.2 Å². The highest BCUT2D eigenvalue weighted by atomic mass is 32.2. The van der Waals surface area contributed by atoms with Gasteiger partial charge in [-0.2, -0.15) is 16.8 Å². The molecule has 2 saturated heterocycles. The van der Waals surface area contributed by atoms with E-state index in [4.69, 9.17) is 22.6 Å². The van der Waals surface area contributed by atoms with Gasteiger partial charge in [0.05, 0.1) is 23.0 Å². The Bertz CT molecular complexity index is 1320. The number of aryl methyl sites for hydroxylation is 2. The van der Waals surface area contributed by atoms with E-state index in [0.29, 0.717) is 0 Å². The van der Waals surface area contributed by atoms with E-state index in [0.717, 1.165) is 11.1 Å². The van der Waals surface area contributed by atoms with Crippen LogP contribution in [0.3, 0.4) is 0 Å². The molecule has 0 aromatic heterocycles. The van der Waals surface area contributed by atoms with Crippen molar-refractivity contribution in [1.29, 1.82) is 0 Å². The number of aliphatic hydroxyl groups is 6. The maximum atomic E-state index is 12.6. The van der Waals surface area contributed by atoms with Crippen LogP contribution in [0.5, 0.6) is 0 Å². The SMILES string of the molecule is Cc1ccc(S(=O)(=O)OCC2OC(OC3OC(COS(=O)(=O)c4ccc(C)cc4)C(O)C(O)C3O)C(O)C(O)C2O)cc1. The van der Waals surface area contributed by atoms with Gasteiger partial charge in [-0.15, -0.1) is 0 Å². The topological polar surface area (TPSA) is 236 Å². The summed E-state index contributed by atoms with van der Waals surface area (Å²) in [4.78, 5) is -0.360. The Morgan fingerprint density at radius 2 is 0.884 bits per heavy atom. The van der Waals surface area contributed by atoms with Gasteiger partial charge >= 0.3 is 0 Å². The van der Waals surface area contributed by atoms with Crippen molar-refractivity contribution in [2.45, 2.75) is 85.1 Å². The van der Waals surface area contributed by atoms with Crippen LogP contribution in [0.4, 0.5) is 0 Å². The van der Waals surface area contributed by atoms with Gasteiger partial charge in [0, 0.05) is 0 Å². The number of hydrogen-bond donors (Lipinski definition) is 6. The summed E-state index contributed by atoms with van der Waals surface area (Å²) in [6.07, 6.45) is -18.4. The molecule has 4 rings (SSSR count). The molecule has 0 spiro atoms. The van der Waals surface area contributed by atoms with Gasteiger partial charge in [0.15, 0.2) is 12.6 Å². The average Bonchev–Trinajstić information content (AvgIpc) is 2.96. The summed E-state index contributed by atoms with van der Waals surface area (Å²) in [7, 11) is -8.62. The zero-order chi connectivity index (χ0) is 31.7. The molecular weight excluding hydrogens is 616 g/mol. The van der Waals surface area contributed by atoms with Crippen LogP contribution in [-0.4, -0.2) is 122 Å². The van der Waals surface area contributed by atoms with E-state index in [2.05, 4.69) is 0 Å². The first-order valence-electron chi connectivity index (χ1n) is 13.1. The van der Waals surface area contributed by atoms with Gasteiger partial charge < -0.3 is 44.8 Å². The highest BCUT2D eigenvalue weighted by molar-refractivity contribution is 7.87. The van der Waals surface area contributed by atoms with Crippen LogP contribution in [0.25, 0.3) is 0 Å². The fourth-order valence-corrected chi connectivity index (χ4v) is 6.16. The predicted molar refractivity (Wildman–Crippen MR) is 143 cm³/mol. The molecule has 2 aliphatic rings. The lowest BCUT2D eigenvalue weighted by molar-refractivity contribution is -0.375. The fraction of sp³-hybridized carbons (Fsp3) is 0.538. The molecule has 0 aliphatic carbocycles. The Morgan fingerprint density at radius 3 is 1.21 bits per heavy atom. The number of ether oxygens (including phenoxy) is 3. The maximum absolute atomic E-state index is 12.6. The second-order valence-electron chi connectivity index (χ2n) is 10.3. The summed E-state index contributed by atoms with van der Waals surface area (Å²) >= 11 is 0. The smallest absolute Gasteiger partial charge is 0.297 e. The summed E-state index contributed by atoms with van der Waals surface area (Å²) in [5.74, 6) is 0. The third kappa shape index (κ3) is 7.77. The molecule has 0 saturated carbocycles. The average molecular weight is 651 g/mol. The van der Waals surface area contributed by atoms with E-state index in [1.165, 1.54) is 24.3 Å². The molecule has 2 fully saturated rings. The van der Waals surface area contributed by atoms with Crippen LogP contribution in [0.15, 0.2) is 58.3 Å². The van der Waals surface area contributed by atoms with Crippen LogP contribution in [-0.2, 0) is 42.8 Å². The molecule has 6 N–H and O–H groups in total. The predicted octanol–water partition coefficient (Wildman–Crippen LogP) is -1.95. The lowest BCUT2D eigenvalue weighted by Crippen LogP contribution is -2.64. The molecule has 15 nitrogen and oxygen atoms in total. The molecule has 17 heteroatoms. The summed E-state index contributed by atoms with van der Waals surface area (Å²) in [5.41, 5.74) is 1.60. The van der Waals surface area contributed by atoms with E-state index < -0.39 is 94.9 Å². The summed E-state index contributed by atoms with van der Waals surface area (Å²) in [5, 5.41) is 62.3. The minimum atomic E-state index is -4.31. The van der Waals surface area contributed by atoms with E-state index >= 15 is 0 Å². The molecule has 10 unspecified atom stereocenters. The lowest BCUT2D eigenvalue weighted by atomic mass is 9.98. The second-order valence-corrected chi connectivity index (χ2v) is 13.5. The fourth-order valence-electron chi connectivity index (χ4n) is 4.32. The van der Waals surface area contributed by atoms with Crippen LogP contribution >= 0.6 is 0 Å². The van der Waals surface area contributed by atoms with Crippen molar-refractivity contribution in [3.63, 3.8) is 0 Å². The summed E-state index contributed by atoms with van der Waals surface area (Å²) in [6, 6.07) is 11.4. The molecule has 0 bridgehead atoms. The van der Waals surface area contributed by atoms with Crippen LogP contribution in [0.1, 0.15) is 11.1 Å². The van der Waals surface area contributed by atoms with Crippen molar-refractivity contribution < 1.29 is 70.1 Å². The third-order valence-corrected chi connectivity index (χ3v) is 9.59. The highest BCUT2D eigenvalue weighted by Crippen LogP contribution is 2.29. The Kier molecular flexibility index (Phi) is 10.6. The zero-order valence-electron chi connectivity index (χ0n) is 23.0. The Hall–Kier alpha value is -2.10. The van der Waals surface area contributed by atoms with E-state index in [1.807, 2.05) is 0 Å². The van der Waals surface area contributed by atoms with E-state index in [9.17, 15) is 47.5 Å². The number of benzene rings is 2. The first kappa shape index (κ1) is 33.8. The number of rotatable bonds is 10. The lowest BCUT2D eigenvalue weighted by Gasteiger charge is -2.44. The molecule has 10 atom stereocenters. The molecule has 2 heterocycles. The molecule has 2 aliphatic heterocycles. The number of hydrogen-bond acceptors (Lipinski definition) is 15. The molecule has 240 valence electrons. The van der Waals surface area contributed by atoms with Crippen LogP contribution < -0.4 is 0 Å². The normalized spacial score (nSPS) is 33.8. The van der Waals surface area contributed by atoms with Gasteiger partial charge in [-0.1, -0.05) is 35.4 Å². The summed E-state index contributed by atoms with van der Waals surface area (Å²) in [6.45, 7) is 1.88. The van der Waals surface area contributed by atoms with Gasteiger partial charge in [0.1, 0.15) is 48.8 Å².